The van der Waals surface area contributed by atoms with E-state index < -0.39 is 0 Å². The molecular formula is C18H21N3O2. The van der Waals surface area contributed by atoms with E-state index in [0.29, 0.717) is 18.4 Å². The van der Waals surface area contributed by atoms with E-state index in [9.17, 15) is 10.1 Å². The van der Waals surface area contributed by atoms with Crippen molar-refractivity contribution in [2.24, 2.45) is 11.7 Å². The molecule has 2 atom stereocenters. The van der Waals surface area contributed by atoms with Gasteiger partial charge in [-0.2, -0.15) is 0 Å². The van der Waals surface area contributed by atoms with Crippen molar-refractivity contribution >= 4 is 5.69 Å². The third-order valence-corrected chi connectivity index (χ3v) is 4.57. The third-order valence-electron chi connectivity index (χ3n) is 4.57. The molecule has 5 heteroatoms. The van der Waals surface area contributed by atoms with E-state index in [4.69, 9.17) is 5.73 Å². The van der Waals surface area contributed by atoms with Crippen LogP contribution in [0.1, 0.15) is 17.0 Å². The van der Waals surface area contributed by atoms with Gasteiger partial charge in [0.1, 0.15) is 0 Å². The molecule has 2 aromatic rings. The zero-order valence-electron chi connectivity index (χ0n) is 13.0. The highest BCUT2D eigenvalue weighted by Crippen LogP contribution is 2.33. The van der Waals surface area contributed by atoms with Gasteiger partial charge in [0, 0.05) is 37.7 Å². The zero-order valence-corrected chi connectivity index (χ0v) is 13.0. The average molecular weight is 311 g/mol. The molecule has 0 aromatic heterocycles. The van der Waals surface area contributed by atoms with Crippen LogP contribution in [-0.4, -0.2) is 29.5 Å². The Morgan fingerprint density at radius 1 is 1.13 bits per heavy atom. The Hall–Kier alpha value is -2.24. The van der Waals surface area contributed by atoms with Crippen LogP contribution >= 0.6 is 0 Å². The Morgan fingerprint density at radius 3 is 2.61 bits per heavy atom. The molecule has 2 N–H and O–H groups in total. The van der Waals surface area contributed by atoms with Crippen molar-refractivity contribution in [1.82, 2.24) is 4.90 Å². The highest BCUT2D eigenvalue weighted by atomic mass is 16.6. The van der Waals surface area contributed by atoms with Gasteiger partial charge in [0.2, 0.25) is 0 Å². The molecule has 0 unspecified atom stereocenters. The van der Waals surface area contributed by atoms with Crippen LogP contribution in [0.3, 0.4) is 0 Å². The van der Waals surface area contributed by atoms with Gasteiger partial charge in [-0.15, -0.1) is 0 Å². The minimum atomic E-state index is -0.344. The van der Waals surface area contributed by atoms with E-state index in [1.54, 1.807) is 12.1 Å². The highest BCUT2D eigenvalue weighted by molar-refractivity contribution is 5.34. The van der Waals surface area contributed by atoms with Crippen LogP contribution < -0.4 is 5.73 Å². The molecule has 0 saturated carbocycles. The second-order valence-corrected chi connectivity index (χ2v) is 6.13. The van der Waals surface area contributed by atoms with E-state index in [1.165, 1.54) is 11.6 Å². The smallest absolute Gasteiger partial charge is 0.269 e. The van der Waals surface area contributed by atoms with Crippen molar-refractivity contribution in [2.75, 3.05) is 19.6 Å². The fourth-order valence-electron chi connectivity index (χ4n) is 3.43. The summed E-state index contributed by atoms with van der Waals surface area (Å²) in [4.78, 5) is 12.9. The summed E-state index contributed by atoms with van der Waals surface area (Å²) in [5.74, 6) is 0.857. The van der Waals surface area contributed by atoms with Crippen molar-refractivity contribution in [3.8, 4) is 0 Å². The summed E-state index contributed by atoms with van der Waals surface area (Å²) in [6, 6.07) is 17.3. The minimum Gasteiger partial charge on any atom is -0.330 e. The summed E-state index contributed by atoms with van der Waals surface area (Å²) in [6.45, 7) is 3.25. The largest absolute Gasteiger partial charge is 0.330 e. The maximum absolute atomic E-state index is 10.9. The van der Waals surface area contributed by atoms with Crippen LogP contribution in [0.15, 0.2) is 54.6 Å². The lowest BCUT2D eigenvalue weighted by Gasteiger charge is -2.16. The van der Waals surface area contributed by atoms with Crippen LogP contribution in [0.5, 0.6) is 0 Å². The van der Waals surface area contributed by atoms with Crippen molar-refractivity contribution in [3.63, 3.8) is 0 Å². The molecule has 0 radical (unpaired) electrons. The molecule has 0 amide bonds. The first-order valence-corrected chi connectivity index (χ1v) is 7.88. The molecular weight excluding hydrogens is 290 g/mol. The lowest BCUT2D eigenvalue weighted by atomic mass is 9.89. The monoisotopic (exact) mass is 311 g/mol. The number of hydrogen-bond acceptors (Lipinski definition) is 4. The van der Waals surface area contributed by atoms with Crippen LogP contribution in [0, 0.1) is 16.0 Å². The van der Waals surface area contributed by atoms with E-state index in [1.807, 2.05) is 12.1 Å². The van der Waals surface area contributed by atoms with Crippen LogP contribution in [-0.2, 0) is 6.54 Å². The lowest BCUT2D eigenvalue weighted by Crippen LogP contribution is -2.23. The molecule has 0 spiro atoms. The number of nitro benzene ring substituents is 1. The fourth-order valence-corrected chi connectivity index (χ4v) is 3.43. The molecule has 0 aliphatic carbocycles. The Kier molecular flexibility index (Phi) is 4.69. The summed E-state index contributed by atoms with van der Waals surface area (Å²) >= 11 is 0. The molecule has 2 aromatic carbocycles. The van der Waals surface area contributed by atoms with Crippen molar-refractivity contribution in [3.05, 3.63) is 75.8 Å². The molecule has 120 valence electrons. The zero-order chi connectivity index (χ0) is 16.2. The molecule has 1 heterocycles. The number of hydrogen-bond donors (Lipinski definition) is 1. The summed E-state index contributed by atoms with van der Waals surface area (Å²) in [5.41, 5.74) is 8.41. The van der Waals surface area contributed by atoms with Gasteiger partial charge in [0.05, 0.1) is 4.92 Å². The number of benzene rings is 2. The number of likely N-dealkylation sites (tertiary alicyclic amines) is 1. The first-order chi connectivity index (χ1) is 11.2. The Labute approximate surface area is 135 Å². The maximum Gasteiger partial charge on any atom is 0.269 e. The van der Waals surface area contributed by atoms with Gasteiger partial charge in [-0.25, -0.2) is 0 Å². The molecule has 5 nitrogen and oxygen atoms in total. The average Bonchev–Trinajstić information content (AvgIpc) is 2.99. The first kappa shape index (κ1) is 15.6. The number of nitro groups is 1. The standard InChI is InChI=1S/C18H21N3O2/c19-10-16-12-20(13-18(16)15-6-2-1-3-7-15)11-14-5-4-8-17(9-14)21(22)23/h1-9,16,18H,10-13,19H2/t16-,18+/m1/s1. The van der Waals surface area contributed by atoms with Crippen molar-refractivity contribution < 1.29 is 4.92 Å². The maximum atomic E-state index is 10.9. The van der Waals surface area contributed by atoms with E-state index in [-0.39, 0.29) is 10.6 Å². The molecule has 1 saturated heterocycles. The third kappa shape index (κ3) is 3.57. The van der Waals surface area contributed by atoms with Crippen molar-refractivity contribution in [1.29, 1.82) is 0 Å². The summed E-state index contributed by atoms with van der Waals surface area (Å²) in [6.07, 6.45) is 0. The van der Waals surface area contributed by atoms with Gasteiger partial charge in [-0.1, -0.05) is 42.5 Å². The molecule has 1 aliphatic heterocycles. The second-order valence-electron chi connectivity index (χ2n) is 6.13. The fraction of sp³-hybridized carbons (Fsp3) is 0.333. The molecule has 3 rings (SSSR count). The van der Waals surface area contributed by atoms with Crippen LogP contribution in [0.25, 0.3) is 0 Å². The Morgan fingerprint density at radius 2 is 1.91 bits per heavy atom. The SMILES string of the molecule is NC[C@@H]1CN(Cc2cccc([N+](=O)[O-])c2)C[C@H]1c1ccccc1. The van der Waals surface area contributed by atoms with E-state index in [2.05, 4.69) is 29.2 Å². The van der Waals surface area contributed by atoms with Gasteiger partial charge in [-0.05, 0) is 23.6 Å². The van der Waals surface area contributed by atoms with Gasteiger partial charge in [-0.3, -0.25) is 15.0 Å². The van der Waals surface area contributed by atoms with E-state index in [0.717, 1.165) is 25.2 Å². The predicted molar refractivity (Wildman–Crippen MR) is 90.1 cm³/mol. The summed E-state index contributed by atoms with van der Waals surface area (Å²) in [5, 5.41) is 10.9. The first-order valence-electron chi connectivity index (χ1n) is 7.88. The normalized spacial score (nSPS) is 21.4. The lowest BCUT2D eigenvalue weighted by molar-refractivity contribution is -0.384. The van der Waals surface area contributed by atoms with Crippen LogP contribution in [0.2, 0.25) is 0 Å². The molecule has 23 heavy (non-hydrogen) atoms. The molecule has 0 bridgehead atoms. The number of non-ortho nitro benzene ring substituents is 1. The second kappa shape index (κ2) is 6.89. The predicted octanol–water partition coefficient (Wildman–Crippen LogP) is 2.77. The Bertz CT molecular complexity index is 675. The van der Waals surface area contributed by atoms with Gasteiger partial charge in [0.15, 0.2) is 0 Å². The van der Waals surface area contributed by atoms with Gasteiger partial charge < -0.3 is 5.73 Å². The number of rotatable bonds is 5. The summed E-state index contributed by atoms with van der Waals surface area (Å²) < 4.78 is 0. The van der Waals surface area contributed by atoms with Crippen LogP contribution in [0.4, 0.5) is 5.69 Å². The number of nitrogens with zero attached hydrogens (tertiary/aromatic N) is 2. The Balaban J connectivity index is 1.73. The van der Waals surface area contributed by atoms with E-state index >= 15 is 0 Å². The summed E-state index contributed by atoms with van der Waals surface area (Å²) in [7, 11) is 0. The molecule has 1 fully saturated rings. The topological polar surface area (TPSA) is 72.4 Å². The minimum absolute atomic E-state index is 0.150. The number of nitrogens with two attached hydrogens (primary N) is 1. The quantitative estimate of drug-likeness (QED) is 0.681. The van der Waals surface area contributed by atoms with Gasteiger partial charge >= 0.3 is 0 Å². The van der Waals surface area contributed by atoms with Gasteiger partial charge in [0.25, 0.3) is 5.69 Å². The van der Waals surface area contributed by atoms with Crippen molar-refractivity contribution in [2.45, 2.75) is 12.5 Å². The molecule has 1 aliphatic rings. The highest BCUT2D eigenvalue weighted by Gasteiger charge is 2.32.